The van der Waals surface area contributed by atoms with Gasteiger partial charge in [-0.05, 0) is 19.4 Å². The highest BCUT2D eigenvalue weighted by atomic mass is 16.2. The topological polar surface area (TPSA) is 50.2 Å². The largest absolute Gasteiger partial charge is 0.316 e. The van der Waals surface area contributed by atoms with Crippen LogP contribution in [-0.2, 0) is 11.8 Å². The minimum atomic E-state index is 0.110. The van der Waals surface area contributed by atoms with E-state index in [0.29, 0.717) is 0 Å². The summed E-state index contributed by atoms with van der Waals surface area (Å²) in [6.07, 6.45) is 5.63. The van der Waals surface area contributed by atoms with Crippen LogP contribution in [0.25, 0.3) is 0 Å². The molecule has 1 aromatic rings. The molecule has 0 radical (unpaired) electrons. The predicted molar refractivity (Wildman–Crippen MR) is 62.2 cm³/mol. The molecular formula is C11H18N4O. The van der Waals surface area contributed by atoms with Gasteiger partial charge in [0.25, 0.3) is 0 Å². The van der Waals surface area contributed by atoms with Crippen LogP contribution in [0.15, 0.2) is 12.4 Å². The van der Waals surface area contributed by atoms with Crippen LogP contribution in [0.4, 0.5) is 5.69 Å². The van der Waals surface area contributed by atoms with Gasteiger partial charge >= 0.3 is 0 Å². The Morgan fingerprint density at radius 2 is 2.50 bits per heavy atom. The normalized spacial score (nSPS) is 20.8. The van der Waals surface area contributed by atoms with Crippen molar-refractivity contribution in [2.75, 3.05) is 25.0 Å². The summed E-state index contributed by atoms with van der Waals surface area (Å²) in [6.45, 7) is 1.82. The van der Waals surface area contributed by atoms with Crippen molar-refractivity contribution in [3.05, 3.63) is 12.4 Å². The average Bonchev–Trinajstić information content (AvgIpc) is 2.75. The van der Waals surface area contributed by atoms with Gasteiger partial charge in [0.2, 0.25) is 5.91 Å². The Hall–Kier alpha value is -1.36. The van der Waals surface area contributed by atoms with Crippen molar-refractivity contribution in [2.45, 2.75) is 12.8 Å². The van der Waals surface area contributed by atoms with E-state index in [1.165, 1.54) is 0 Å². The molecular weight excluding hydrogens is 204 g/mol. The number of carbonyl (C=O) groups excluding carboxylic acids is 1. The second-order valence-electron chi connectivity index (χ2n) is 4.31. The summed E-state index contributed by atoms with van der Waals surface area (Å²) in [5.74, 6) is 0.291. The Morgan fingerprint density at radius 3 is 3.06 bits per heavy atom. The third kappa shape index (κ3) is 2.24. The number of piperidine rings is 1. The molecule has 2 heterocycles. The van der Waals surface area contributed by atoms with E-state index in [1.807, 2.05) is 20.3 Å². The van der Waals surface area contributed by atoms with E-state index in [1.54, 1.807) is 15.8 Å². The fraction of sp³-hybridized carbons (Fsp3) is 0.636. The van der Waals surface area contributed by atoms with E-state index in [4.69, 9.17) is 0 Å². The minimum absolute atomic E-state index is 0.110. The van der Waals surface area contributed by atoms with Gasteiger partial charge in [-0.1, -0.05) is 0 Å². The number of amides is 1. The summed E-state index contributed by atoms with van der Waals surface area (Å²) in [5, 5.41) is 7.33. The third-order valence-electron chi connectivity index (χ3n) is 3.06. The van der Waals surface area contributed by atoms with Crippen LogP contribution in [0.5, 0.6) is 0 Å². The summed E-state index contributed by atoms with van der Waals surface area (Å²) < 4.78 is 1.71. The smallest absolute Gasteiger partial charge is 0.231 e. The number of aryl methyl sites for hydroxylation is 1. The Bertz CT molecular complexity index is 368. The summed E-state index contributed by atoms with van der Waals surface area (Å²) in [6, 6.07) is 0. The van der Waals surface area contributed by atoms with Crippen LogP contribution in [0.3, 0.4) is 0 Å². The van der Waals surface area contributed by atoms with E-state index in [-0.39, 0.29) is 11.8 Å². The van der Waals surface area contributed by atoms with E-state index in [2.05, 4.69) is 10.4 Å². The number of carbonyl (C=O) groups is 1. The summed E-state index contributed by atoms with van der Waals surface area (Å²) in [4.78, 5) is 13.9. The van der Waals surface area contributed by atoms with E-state index >= 15 is 0 Å². The number of nitrogens with zero attached hydrogens (tertiary/aromatic N) is 3. The van der Waals surface area contributed by atoms with Gasteiger partial charge in [0.05, 0.1) is 17.8 Å². The van der Waals surface area contributed by atoms with Crippen molar-refractivity contribution < 1.29 is 4.79 Å². The van der Waals surface area contributed by atoms with Crippen molar-refractivity contribution in [1.82, 2.24) is 15.1 Å². The highest BCUT2D eigenvalue weighted by Gasteiger charge is 2.24. The Kier molecular flexibility index (Phi) is 3.24. The molecule has 1 unspecified atom stereocenters. The summed E-state index contributed by atoms with van der Waals surface area (Å²) in [7, 11) is 3.66. The van der Waals surface area contributed by atoms with Gasteiger partial charge in [-0.2, -0.15) is 5.10 Å². The molecule has 16 heavy (non-hydrogen) atoms. The predicted octanol–water partition coefficient (Wildman–Crippen LogP) is 0.382. The number of hydrogen-bond acceptors (Lipinski definition) is 3. The van der Waals surface area contributed by atoms with Crippen LogP contribution >= 0.6 is 0 Å². The second kappa shape index (κ2) is 4.65. The van der Waals surface area contributed by atoms with E-state index in [0.717, 1.165) is 31.6 Å². The molecule has 1 aliphatic heterocycles. The fourth-order valence-corrected chi connectivity index (χ4v) is 2.05. The van der Waals surface area contributed by atoms with Gasteiger partial charge in [-0.3, -0.25) is 9.48 Å². The van der Waals surface area contributed by atoms with Crippen molar-refractivity contribution in [1.29, 1.82) is 0 Å². The van der Waals surface area contributed by atoms with Gasteiger partial charge in [0.15, 0.2) is 0 Å². The zero-order valence-corrected chi connectivity index (χ0v) is 9.81. The molecule has 0 aliphatic carbocycles. The molecule has 88 valence electrons. The van der Waals surface area contributed by atoms with Crippen molar-refractivity contribution in [3.63, 3.8) is 0 Å². The standard InChI is InChI=1S/C11H18N4O/c1-14-8-10(7-13-14)15(2)11(16)9-4-3-5-12-6-9/h7-9,12H,3-6H2,1-2H3. The summed E-state index contributed by atoms with van der Waals surface area (Å²) in [5.41, 5.74) is 0.859. The number of nitrogens with one attached hydrogen (secondary N) is 1. The molecule has 1 fully saturated rings. The quantitative estimate of drug-likeness (QED) is 0.787. The molecule has 1 saturated heterocycles. The molecule has 1 aliphatic rings. The molecule has 5 nitrogen and oxygen atoms in total. The number of aromatic nitrogens is 2. The first kappa shape index (κ1) is 11.1. The van der Waals surface area contributed by atoms with Gasteiger partial charge < -0.3 is 10.2 Å². The monoisotopic (exact) mass is 222 g/mol. The number of anilines is 1. The molecule has 1 N–H and O–H groups in total. The molecule has 0 bridgehead atoms. The maximum atomic E-state index is 12.2. The van der Waals surface area contributed by atoms with E-state index < -0.39 is 0 Å². The fourth-order valence-electron chi connectivity index (χ4n) is 2.05. The van der Waals surface area contributed by atoms with Crippen molar-refractivity contribution in [2.24, 2.45) is 13.0 Å². The number of rotatable bonds is 2. The zero-order chi connectivity index (χ0) is 11.5. The highest BCUT2D eigenvalue weighted by Crippen LogP contribution is 2.17. The molecule has 1 aromatic heterocycles. The highest BCUT2D eigenvalue weighted by molar-refractivity contribution is 5.94. The van der Waals surface area contributed by atoms with Crippen LogP contribution in [0.1, 0.15) is 12.8 Å². The molecule has 1 atom stereocenters. The SMILES string of the molecule is CN(C(=O)C1CCCNC1)c1cnn(C)c1. The molecule has 0 saturated carbocycles. The molecule has 0 aromatic carbocycles. The molecule has 5 heteroatoms. The Balaban J connectivity index is 2.03. The molecule has 1 amide bonds. The Morgan fingerprint density at radius 1 is 1.69 bits per heavy atom. The lowest BCUT2D eigenvalue weighted by Crippen LogP contribution is -2.41. The first-order chi connectivity index (χ1) is 7.68. The third-order valence-corrected chi connectivity index (χ3v) is 3.06. The number of hydrogen-bond donors (Lipinski definition) is 1. The maximum absolute atomic E-state index is 12.2. The van der Waals surface area contributed by atoms with Crippen LogP contribution < -0.4 is 10.2 Å². The minimum Gasteiger partial charge on any atom is -0.316 e. The lowest BCUT2D eigenvalue weighted by molar-refractivity contribution is -0.122. The van der Waals surface area contributed by atoms with Crippen LogP contribution in [0, 0.1) is 5.92 Å². The van der Waals surface area contributed by atoms with Crippen molar-refractivity contribution in [3.8, 4) is 0 Å². The van der Waals surface area contributed by atoms with Gasteiger partial charge in [-0.15, -0.1) is 0 Å². The molecule has 0 spiro atoms. The van der Waals surface area contributed by atoms with Gasteiger partial charge in [0, 0.05) is 26.8 Å². The zero-order valence-electron chi connectivity index (χ0n) is 9.81. The van der Waals surface area contributed by atoms with Gasteiger partial charge in [0.1, 0.15) is 0 Å². The van der Waals surface area contributed by atoms with Crippen LogP contribution in [-0.4, -0.2) is 35.8 Å². The maximum Gasteiger partial charge on any atom is 0.231 e. The van der Waals surface area contributed by atoms with E-state index in [9.17, 15) is 4.79 Å². The first-order valence-electron chi connectivity index (χ1n) is 5.65. The first-order valence-corrected chi connectivity index (χ1v) is 5.65. The second-order valence-corrected chi connectivity index (χ2v) is 4.31. The lowest BCUT2D eigenvalue weighted by Gasteiger charge is -2.26. The summed E-state index contributed by atoms with van der Waals surface area (Å²) >= 11 is 0. The average molecular weight is 222 g/mol. The lowest BCUT2D eigenvalue weighted by atomic mass is 9.98. The Labute approximate surface area is 95.4 Å². The molecule has 2 rings (SSSR count). The van der Waals surface area contributed by atoms with Gasteiger partial charge in [-0.25, -0.2) is 0 Å². The van der Waals surface area contributed by atoms with Crippen molar-refractivity contribution >= 4 is 11.6 Å². The van der Waals surface area contributed by atoms with Crippen LogP contribution in [0.2, 0.25) is 0 Å².